The van der Waals surface area contributed by atoms with E-state index in [1.807, 2.05) is 13.0 Å². The smallest absolute Gasteiger partial charge is 0.238 e. The molecule has 86 valence electrons. The quantitative estimate of drug-likeness (QED) is 0.887. The normalized spacial score (nSPS) is 10.2. The average Bonchev–Trinajstić information content (AvgIpc) is 2.59. The lowest BCUT2D eigenvalue weighted by Gasteiger charge is -2.03. The third-order valence-corrected chi connectivity index (χ3v) is 2.50. The van der Waals surface area contributed by atoms with E-state index in [0.717, 1.165) is 11.1 Å². The summed E-state index contributed by atoms with van der Waals surface area (Å²) in [6, 6.07) is 6.97. The van der Waals surface area contributed by atoms with Gasteiger partial charge in [0.2, 0.25) is 5.91 Å². The number of amides is 1. The lowest BCUT2D eigenvalue weighted by Crippen LogP contribution is -2.09. The van der Waals surface area contributed by atoms with Gasteiger partial charge < -0.3 is 9.73 Å². The summed E-state index contributed by atoms with van der Waals surface area (Å²) in [6.07, 6.45) is -0.180. The molecule has 0 spiro atoms. The van der Waals surface area contributed by atoms with Gasteiger partial charge in [-0.25, -0.2) is 0 Å². The molecule has 0 saturated carbocycles. The summed E-state index contributed by atoms with van der Waals surface area (Å²) in [4.78, 5) is 11.3. The van der Waals surface area contributed by atoms with Crippen LogP contribution in [0.3, 0.4) is 0 Å². The molecule has 0 fully saturated rings. The number of benzene rings is 1. The van der Waals surface area contributed by atoms with Crippen molar-refractivity contribution in [2.24, 2.45) is 0 Å². The van der Waals surface area contributed by atoms with Crippen LogP contribution >= 0.6 is 11.6 Å². The van der Waals surface area contributed by atoms with E-state index in [0.29, 0.717) is 16.3 Å². The lowest BCUT2D eigenvalue weighted by molar-refractivity contribution is -0.115. The maximum absolute atomic E-state index is 11.3. The third kappa shape index (κ3) is 2.40. The Morgan fingerprint density at radius 2 is 2.29 bits per heavy atom. The Bertz CT molecular complexity index is 625. The molecular weight excluding hydrogens is 240 g/mol. The number of rotatable bonds is 2. The zero-order valence-electron chi connectivity index (χ0n) is 9.08. The van der Waals surface area contributed by atoms with Gasteiger partial charge in [-0.1, -0.05) is 11.6 Å². The molecule has 0 saturated heterocycles. The highest BCUT2D eigenvalue weighted by molar-refractivity contribution is 6.35. The van der Waals surface area contributed by atoms with Gasteiger partial charge in [0.15, 0.2) is 5.58 Å². The summed E-state index contributed by atoms with van der Waals surface area (Å²) in [6.45, 7) is 1.82. The first-order valence-corrected chi connectivity index (χ1v) is 5.34. The van der Waals surface area contributed by atoms with E-state index >= 15 is 0 Å². The van der Waals surface area contributed by atoms with Crippen molar-refractivity contribution in [2.45, 2.75) is 13.3 Å². The number of fused-ring (bicyclic) bond motifs is 1. The predicted molar refractivity (Wildman–Crippen MR) is 64.8 cm³/mol. The minimum atomic E-state index is -0.358. The van der Waals surface area contributed by atoms with Crippen molar-refractivity contribution in [1.82, 2.24) is 0 Å². The Balaban J connectivity index is 2.37. The number of aryl methyl sites for hydroxylation is 1. The number of hydrogen-bond donors (Lipinski definition) is 1. The standard InChI is InChI=1S/C12H9ClN2O2/c1-7-4-8-5-9(15-11(16)2-3-14)6-10(13)12(8)17-7/h4-6H,2H2,1H3,(H,15,16). The first-order valence-electron chi connectivity index (χ1n) is 4.96. The molecular formula is C12H9ClN2O2. The molecule has 1 N–H and O–H groups in total. The van der Waals surface area contributed by atoms with Gasteiger partial charge in [0.1, 0.15) is 12.2 Å². The number of carbonyl (C=O) groups is 1. The topological polar surface area (TPSA) is 66.0 Å². The van der Waals surface area contributed by atoms with Gasteiger partial charge in [0, 0.05) is 11.1 Å². The number of nitriles is 1. The SMILES string of the molecule is Cc1cc2cc(NC(=O)CC#N)cc(Cl)c2o1. The number of anilines is 1. The van der Waals surface area contributed by atoms with Crippen molar-refractivity contribution in [1.29, 1.82) is 5.26 Å². The molecule has 5 heteroatoms. The third-order valence-electron chi connectivity index (χ3n) is 2.22. The molecule has 0 atom stereocenters. The van der Waals surface area contributed by atoms with Crippen LogP contribution in [0.4, 0.5) is 5.69 Å². The fourth-order valence-corrected chi connectivity index (χ4v) is 1.85. The van der Waals surface area contributed by atoms with Crippen LogP contribution in [0, 0.1) is 18.3 Å². The van der Waals surface area contributed by atoms with Crippen LogP contribution < -0.4 is 5.32 Å². The molecule has 0 aliphatic heterocycles. The van der Waals surface area contributed by atoms with Gasteiger partial charge in [-0.3, -0.25) is 4.79 Å². The van der Waals surface area contributed by atoms with Crippen molar-refractivity contribution in [2.75, 3.05) is 5.32 Å². The summed E-state index contributed by atoms with van der Waals surface area (Å²) in [5, 5.41) is 12.2. The second-order valence-electron chi connectivity index (χ2n) is 3.62. The number of furan rings is 1. The van der Waals surface area contributed by atoms with E-state index in [4.69, 9.17) is 21.3 Å². The van der Waals surface area contributed by atoms with Crippen LogP contribution in [-0.2, 0) is 4.79 Å². The fraction of sp³-hybridized carbons (Fsp3) is 0.167. The maximum atomic E-state index is 11.3. The number of nitrogens with zero attached hydrogens (tertiary/aromatic N) is 1. The summed E-state index contributed by atoms with van der Waals surface area (Å²) in [5.74, 6) is 0.394. The van der Waals surface area contributed by atoms with Gasteiger partial charge in [-0.15, -0.1) is 0 Å². The van der Waals surface area contributed by atoms with Crippen LogP contribution in [0.1, 0.15) is 12.2 Å². The fourth-order valence-electron chi connectivity index (χ4n) is 1.59. The Hall–Kier alpha value is -1.99. The number of halogens is 1. The van der Waals surface area contributed by atoms with E-state index in [1.54, 1.807) is 18.2 Å². The molecule has 1 heterocycles. The van der Waals surface area contributed by atoms with E-state index < -0.39 is 0 Å². The van der Waals surface area contributed by atoms with Crippen LogP contribution in [0.25, 0.3) is 11.0 Å². The molecule has 0 unspecified atom stereocenters. The predicted octanol–water partition coefficient (Wildman–Crippen LogP) is 3.25. The Morgan fingerprint density at radius 1 is 1.53 bits per heavy atom. The van der Waals surface area contributed by atoms with Gasteiger partial charge >= 0.3 is 0 Å². The monoisotopic (exact) mass is 248 g/mol. The molecule has 0 radical (unpaired) electrons. The zero-order valence-corrected chi connectivity index (χ0v) is 9.84. The van der Waals surface area contributed by atoms with Gasteiger partial charge in [-0.05, 0) is 25.1 Å². The minimum Gasteiger partial charge on any atom is -0.460 e. The van der Waals surface area contributed by atoms with Gasteiger partial charge in [0.25, 0.3) is 0 Å². The van der Waals surface area contributed by atoms with Crippen LogP contribution in [0.2, 0.25) is 5.02 Å². The van der Waals surface area contributed by atoms with E-state index in [2.05, 4.69) is 5.32 Å². The van der Waals surface area contributed by atoms with Crippen LogP contribution in [-0.4, -0.2) is 5.91 Å². The van der Waals surface area contributed by atoms with Crippen molar-refractivity contribution in [3.05, 3.63) is 29.0 Å². The van der Waals surface area contributed by atoms with Crippen LogP contribution in [0.15, 0.2) is 22.6 Å². The number of hydrogen-bond acceptors (Lipinski definition) is 3. The second kappa shape index (κ2) is 4.48. The molecule has 17 heavy (non-hydrogen) atoms. The summed E-state index contributed by atoms with van der Waals surface area (Å²) >= 11 is 6.03. The van der Waals surface area contributed by atoms with Crippen molar-refractivity contribution in [3.8, 4) is 6.07 Å². The molecule has 0 aliphatic carbocycles. The van der Waals surface area contributed by atoms with Crippen molar-refractivity contribution >= 4 is 34.2 Å². The van der Waals surface area contributed by atoms with E-state index in [-0.39, 0.29) is 12.3 Å². The highest BCUT2D eigenvalue weighted by Gasteiger charge is 2.09. The molecule has 1 amide bonds. The second-order valence-corrected chi connectivity index (χ2v) is 4.02. The number of nitrogens with one attached hydrogen (secondary N) is 1. The average molecular weight is 249 g/mol. The van der Waals surface area contributed by atoms with Gasteiger partial charge in [0.05, 0.1) is 11.1 Å². The number of carbonyl (C=O) groups excluding carboxylic acids is 1. The molecule has 4 nitrogen and oxygen atoms in total. The first-order chi connectivity index (χ1) is 8.10. The molecule has 1 aromatic heterocycles. The largest absolute Gasteiger partial charge is 0.460 e. The summed E-state index contributed by atoms with van der Waals surface area (Å²) < 4.78 is 5.41. The van der Waals surface area contributed by atoms with E-state index in [1.165, 1.54) is 0 Å². The molecule has 0 bridgehead atoms. The molecule has 2 rings (SSSR count). The highest BCUT2D eigenvalue weighted by atomic mass is 35.5. The Morgan fingerprint density at radius 3 is 3.00 bits per heavy atom. The summed E-state index contributed by atoms with van der Waals surface area (Å²) in [7, 11) is 0. The maximum Gasteiger partial charge on any atom is 0.238 e. The lowest BCUT2D eigenvalue weighted by atomic mass is 10.2. The summed E-state index contributed by atoms with van der Waals surface area (Å²) in [5.41, 5.74) is 1.16. The molecule has 0 aliphatic rings. The first kappa shape index (κ1) is 11.5. The van der Waals surface area contributed by atoms with Gasteiger partial charge in [-0.2, -0.15) is 5.26 Å². The minimum absolute atomic E-state index is 0.180. The Kier molecular flexibility index (Phi) is 3.03. The van der Waals surface area contributed by atoms with Crippen molar-refractivity contribution < 1.29 is 9.21 Å². The Labute approximate surface area is 103 Å². The van der Waals surface area contributed by atoms with Crippen molar-refractivity contribution in [3.63, 3.8) is 0 Å². The van der Waals surface area contributed by atoms with Crippen LogP contribution in [0.5, 0.6) is 0 Å². The van der Waals surface area contributed by atoms with E-state index in [9.17, 15) is 4.79 Å². The zero-order chi connectivity index (χ0) is 12.4. The highest BCUT2D eigenvalue weighted by Crippen LogP contribution is 2.30. The molecule has 1 aromatic carbocycles. The molecule has 2 aromatic rings.